The molecule has 174 valence electrons. The summed E-state index contributed by atoms with van der Waals surface area (Å²) >= 11 is 0. The third-order valence-corrected chi connectivity index (χ3v) is 6.35. The van der Waals surface area contributed by atoms with Crippen LogP contribution in [-0.4, -0.2) is 75.8 Å². The highest BCUT2D eigenvalue weighted by atomic mass is 16.5. The SMILES string of the molecule is CCN(CC)CCN(C)C(=O)c1cnn(-c2ncc3c(n2)-c2ccccc2CC3)c1COC. The maximum absolute atomic E-state index is 13.2. The molecule has 0 atom stereocenters. The molecule has 0 N–H and O–H groups in total. The van der Waals surface area contributed by atoms with E-state index in [-0.39, 0.29) is 12.5 Å². The zero-order valence-corrected chi connectivity index (χ0v) is 19.9. The summed E-state index contributed by atoms with van der Waals surface area (Å²) in [5.74, 6) is 0.367. The first-order valence-corrected chi connectivity index (χ1v) is 11.6. The van der Waals surface area contributed by atoms with Gasteiger partial charge in [-0.25, -0.2) is 9.97 Å². The molecule has 33 heavy (non-hydrogen) atoms. The van der Waals surface area contributed by atoms with Crippen LogP contribution in [-0.2, 0) is 24.2 Å². The molecule has 0 radical (unpaired) electrons. The van der Waals surface area contributed by atoms with Crippen LogP contribution in [0.5, 0.6) is 0 Å². The minimum absolute atomic E-state index is 0.0799. The molecule has 1 aliphatic rings. The van der Waals surface area contributed by atoms with Crippen molar-refractivity contribution in [1.82, 2.24) is 29.5 Å². The molecule has 0 bridgehead atoms. The molecule has 0 fully saturated rings. The van der Waals surface area contributed by atoms with Crippen LogP contribution in [0.4, 0.5) is 0 Å². The van der Waals surface area contributed by atoms with Crippen molar-refractivity contribution >= 4 is 5.91 Å². The molecule has 0 aliphatic heterocycles. The molecule has 3 aromatic rings. The molecule has 1 aliphatic carbocycles. The number of amides is 1. The van der Waals surface area contributed by atoms with E-state index in [0.717, 1.165) is 49.3 Å². The molecule has 0 saturated heterocycles. The first-order valence-electron chi connectivity index (χ1n) is 11.6. The molecule has 8 nitrogen and oxygen atoms in total. The van der Waals surface area contributed by atoms with Gasteiger partial charge < -0.3 is 14.5 Å². The van der Waals surface area contributed by atoms with Gasteiger partial charge in [0.25, 0.3) is 11.9 Å². The fraction of sp³-hybridized carbons (Fsp3) is 0.440. The number of benzene rings is 1. The second-order valence-corrected chi connectivity index (χ2v) is 8.30. The van der Waals surface area contributed by atoms with Crippen molar-refractivity contribution in [3.63, 3.8) is 0 Å². The van der Waals surface area contributed by atoms with Gasteiger partial charge in [-0.15, -0.1) is 0 Å². The fourth-order valence-electron chi connectivity index (χ4n) is 4.29. The van der Waals surface area contributed by atoms with Crippen molar-refractivity contribution in [2.75, 3.05) is 40.3 Å². The van der Waals surface area contributed by atoms with Crippen molar-refractivity contribution in [2.45, 2.75) is 33.3 Å². The summed E-state index contributed by atoms with van der Waals surface area (Å²) in [5, 5.41) is 4.49. The highest BCUT2D eigenvalue weighted by Gasteiger charge is 2.24. The van der Waals surface area contributed by atoms with E-state index in [1.165, 1.54) is 5.56 Å². The van der Waals surface area contributed by atoms with Crippen molar-refractivity contribution < 1.29 is 9.53 Å². The zero-order chi connectivity index (χ0) is 23.4. The van der Waals surface area contributed by atoms with E-state index < -0.39 is 0 Å². The summed E-state index contributed by atoms with van der Waals surface area (Å²) in [4.78, 5) is 26.7. The average Bonchev–Trinajstić information content (AvgIpc) is 3.27. The number of hydrogen-bond donors (Lipinski definition) is 0. The molecule has 1 aromatic carbocycles. The number of nitrogens with zero attached hydrogens (tertiary/aromatic N) is 6. The summed E-state index contributed by atoms with van der Waals surface area (Å²) in [6, 6.07) is 8.34. The number of ether oxygens (including phenoxy) is 1. The van der Waals surface area contributed by atoms with Crippen molar-refractivity contribution in [3.05, 3.63) is 59.0 Å². The number of aryl methyl sites for hydroxylation is 2. The Morgan fingerprint density at radius 1 is 1.09 bits per heavy atom. The number of hydrogen-bond acceptors (Lipinski definition) is 6. The van der Waals surface area contributed by atoms with Gasteiger partial charge in [-0.1, -0.05) is 38.1 Å². The molecule has 1 amide bonds. The standard InChI is InChI=1S/C25H32N6O2/c1-5-30(6-2)14-13-29(3)24(32)21-16-27-31(22(21)17-33-4)25-26-15-19-12-11-18-9-7-8-10-20(18)23(19)28-25/h7-10,15-16H,5-6,11-14,17H2,1-4H3. The van der Waals surface area contributed by atoms with Crippen LogP contribution in [0.1, 0.15) is 41.0 Å². The Kier molecular flexibility index (Phi) is 7.15. The van der Waals surface area contributed by atoms with Crippen LogP contribution < -0.4 is 0 Å². The number of likely N-dealkylation sites (N-methyl/N-ethyl adjacent to an activating group) is 2. The van der Waals surface area contributed by atoms with Crippen LogP contribution in [0.2, 0.25) is 0 Å². The van der Waals surface area contributed by atoms with Gasteiger partial charge in [0.1, 0.15) is 0 Å². The summed E-state index contributed by atoms with van der Waals surface area (Å²) in [6.45, 7) is 7.89. The summed E-state index contributed by atoms with van der Waals surface area (Å²) in [5.41, 5.74) is 5.66. The molecule has 0 unspecified atom stereocenters. The first kappa shape index (κ1) is 23.1. The number of methoxy groups -OCH3 is 1. The zero-order valence-electron chi connectivity index (χ0n) is 19.9. The van der Waals surface area contributed by atoms with Crippen LogP contribution in [0.3, 0.4) is 0 Å². The van der Waals surface area contributed by atoms with E-state index in [2.05, 4.69) is 47.0 Å². The smallest absolute Gasteiger partial charge is 0.257 e. The summed E-state index contributed by atoms with van der Waals surface area (Å²) < 4.78 is 7.06. The second kappa shape index (κ2) is 10.2. The highest BCUT2D eigenvalue weighted by Crippen LogP contribution is 2.32. The number of fused-ring (bicyclic) bond motifs is 3. The lowest BCUT2D eigenvalue weighted by atomic mass is 9.90. The molecule has 2 aromatic heterocycles. The van der Waals surface area contributed by atoms with E-state index in [1.807, 2.05) is 19.3 Å². The molecule has 8 heteroatoms. The fourth-order valence-corrected chi connectivity index (χ4v) is 4.29. The van der Waals surface area contributed by atoms with E-state index in [1.54, 1.807) is 22.9 Å². The van der Waals surface area contributed by atoms with E-state index >= 15 is 0 Å². The van der Waals surface area contributed by atoms with Gasteiger partial charge >= 0.3 is 0 Å². The Morgan fingerprint density at radius 3 is 2.61 bits per heavy atom. The minimum atomic E-state index is -0.0799. The van der Waals surface area contributed by atoms with E-state index in [0.29, 0.717) is 23.8 Å². The van der Waals surface area contributed by atoms with Gasteiger partial charge in [0, 0.05) is 39.0 Å². The molecular weight excluding hydrogens is 416 g/mol. The maximum Gasteiger partial charge on any atom is 0.257 e. The quantitative estimate of drug-likeness (QED) is 0.501. The largest absolute Gasteiger partial charge is 0.378 e. The number of aromatic nitrogens is 4. The Bertz CT molecular complexity index is 1120. The van der Waals surface area contributed by atoms with Gasteiger partial charge in [-0.3, -0.25) is 4.79 Å². The number of carbonyl (C=O) groups is 1. The van der Waals surface area contributed by atoms with Crippen molar-refractivity contribution in [1.29, 1.82) is 0 Å². The number of carbonyl (C=O) groups excluding carboxylic acids is 1. The molecule has 0 spiro atoms. The molecular formula is C25H32N6O2. The van der Waals surface area contributed by atoms with Gasteiger partial charge in [-0.2, -0.15) is 9.78 Å². The van der Waals surface area contributed by atoms with Gasteiger partial charge in [0.15, 0.2) is 0 Å². The topological polar surface area (TPSA) is 76.4 Å². The number of rotatable bonds is 9. The highest BCUT2D eigenvalue weighted by molar-refractivity contribution is 5.95. The lowest BCUT2D eigenvalue weighted by molar-refractivity contribution is 0.0774. The summed E-state index contributed by atoms with van der Waals surface area (Å²) in [7, 11) is 3.44. The molecule has 0 saturated carbocycles. The monoisotopic (exact) mass is 448 g/mol. The van der Waals surface area contributed by atoms with Crippen molar-refractivity contribution in [3.8, 4) is 17.2 Å². The third-order valence-electron chi connectivity index (χ3n) is 6.35. The lowest BCUT2D eigenvalue weighted by Gasteiger charge is -2.23. The Labute approximate surface area is 195 Å². The second-order valence-electron chi connectivity index (χ2n) is 8.30. The Morgan fingerprint density at radius 2 is 1.85 bits per heavy atom. The predicted octanol–water partition coefficient (Wildman–Crippen LogP) is 2.99. The third kappa shape index (κ3) is 4.67. The van der Waals surface area contributed by atoms with Crippen LogP contribution in [0, 0.1) is 0 Å². The van der Waals surface area contributed by atoms with Crippen LogP contribution in [0.25, 0.3) is 17.2 Å². The van der Waals surface area contributed by atoms with E-state index in [9.17, 15) is 4.79 Å². The lowest BCUT2D eigenvalue weighted by Crippen LogP contribution is -2.36. The Hall–Kier alpha value is -3.10. The minimum Gasteiger partial charge on any atom is -0.378 e. The Balaban J connectivity index is 1.65. The van der Waals surface area contributed by atoms with Crippen LogP contribution >= 0.6 is 0 Å². The van der Waals surface area contributed by atoms with Crippen LogP contribution in [0.15, 0.2) is 36.7 Å². The van der Waals surface area contributed by atoms with Crippen molar-refractivity contribution in [2.24, 2.45) is 0 Å². The normalized spacial score (nSPS) is 12.5. The average molecular weight is 449 g/mol. The first-order chi connectivity index (χ1) is 16.1. The summed E-state index contributed by atoms with van der Waals surface area (Å²) in [6.07, 6.45) is 5.38. The molecule has 4 rings (SSSR count). The van der Waals surface area contributed by atoms with Gasteiger partial charge in [-0.05, 0) is 37.1 Å². The van der Waals surface area contributed by atoms with E-state index in [4.69, 9.17) is 9.72 Å². The van der Waals surface area contributed by atoms with Gasteiger partial charge in [0.05, 0.1) is 29.8 Å². The molecule has 2 heterocycles. The maximum atomic E-state index is 13.2. The predicted molar refractivity (Wildman–Crippen MR) is 127 cm³/mol. The van der Waals surface area contributed by atoms with Gasteiger partial charge in [0.2, 0.25) is 0 Å².